The van der Waals surface area contributed by atoms with Crippen molar-refractivity contribution in [3.63, 3.8) is 0 Å². The minimum Gasteiger partial charge on any atom is -0.480 e. The quantitative estimate of drug-likeness (QED) is 0.781. The van der Waals surface area contributed by atoms with Crippen LogP contribution in [0.5, 0.6) is 0 Å². The van der Waals surface area contributed by atoms with E-state index in [2.05, 4.69) is 16.4 Å². The number of carboxylic acid groups (broad SMARTS) is 1. The summed E-state index contributed by atoms with van der Waals surface area (Å²) in [7, 11) is 0. The van der Waals surface area contributed by atoms with Gasteiger partial charge in [0.25, 0.3) is 5.56 Å². The van der Waals surface area contributed by atoms with E-state index in [0.717, 1.165) is 38.4 Å². The maximum atomic E-state index is 11.8. The Morgan fingerprint density at radius 1 is 1.35 bits per heavy atom. The van der Waals surface area contributed by atoms with Gasteiger partial charge in [0, 0.05) is 50.7 Å². The molecule has 1 aromatic rings. The highest BCUT2D eigenvalue weighted by Crippen LogP contribution is 2.13. The molecule has 0 amide bonds. The fourth-order valence-electron chi connectivity index (χ4n) is 2.34. The van der Waals surface area contributed by atoms with Gasteiger partial charge in [0.1, 0.15) is 6.54 Å². The van der Waals surface area contributed by atoms with Crippen LogP contribution in [0.15, 0.2) is 35.8 Å². The minimum atomic E-state index is -1.02. The summed E-state index contributed by atoms with van der Waals surface area (Å²) in [5, 5.41) is 8.71. The van der Waals surface area contributed by atoms with Crippen molar-refractivity contribution in [2.24, 2.45) is 0 Å². The van der Waals surface area contributed by atoms with E-state index >= 15 is 0 Å². The van der Waals surface area contributed by atoms with Gasteiger partial charge in [-0.25, -0.2) is 0 Å². The molecule has 0 spiro atoms. The minimum absolute atomic E-state index is 0.279. The van der Waals surface area contributed by atoms with Crippen molar-refractivity contribution in [3.05, 3.63) is 41.3 Å². The highest BCUT2D eigenvalue weighted by atomic mass is 16.4. The van der Waals surface area contributed by atoms with Crippen LogP contribution in [0.1, 0.15) is 0 Å². The Labute approximate surface area is 117 Å². The van der Waals surface area contributed by atoms with Crippen molar-refractivity contribution in [1.82, 2.24) is 9.47 Å². The first-order chi connectivity index (χ1) is 9.60. The molecular weight excluding hydrogens is 258 g/mol. The molecule has 0 saturated carbocycles. The van der Waals surface area contributed by atoms with Crippen LogP contribution in [0, 0.1) is 0 Å². The first-order valence-corrected chi connectivity index (χ1v) is 6.60. The maximum Gasteiger partial charge on any atom is 0.323 e. The third kappa shape index (κ3) is 3.48. The lowest BCUT2D eigenvalue weighted by Gasteiger charge is -2.35. The normalized spacial score (nSPS) is 16.1. The van der Waals surface area contributed by atoms with E-state index in [1.165, 1.54) is 10.6 Å². The first kappa shape index (κ1) is 14.3. The van der Waals surface area contributed by atoms with Crippen LogP contribution >= 0.6 is 0 Å². The third-order valence-electron chi connectivity index (χ3n) is 3.41. The monoisotopic (exact) mass is 277 g/mol. The average Bonchev–Trinajstić information content (AvgIpc) is 2.42. The van der Waals surface area contributed by atoms with E-state index in [1.54, 1.807) is 12.3 Å². The lowest BCUT2D eigenvalue weighted by atomic mass is 10.2. The first-order valence-electron chi connectivity index (χ1n) is 6.60. The molecule has 1 aliphatic heterocycles. The van der Waals surface area contributed by atoms with Gasteiger partial charge in [-0.2, -0.15) is 0 Å². The van der Waals surface area contributed by atoms with E-state index in [4.69, 9.17) is 5.11 Å². The zero-order chi connectivity index (χ0) is 14.5. The van der Waals surface area contributed by atoms with Gasteiger partial charge in [-0.1, -0.05) is 6.08 Å². The standard InChI is InChI=1S/C14H19N3O3/c1-2-4-15-6-8-16(9-7-15)12-3-5-17(11-14(19)20)13(18)10-12/h2-3,5,10H,1,4,6-9,11H2,(H,19,20). The van der Waals surface area contributed by atoms with Crippen molar-refractivity contribution < 1.29 is 9.90 Å². The van der Waals surface area contributed by atoms with Crippen LogP contribution in [0.4, 0.5) is 5.69 Å². The summed E-state index contributed by atoms with van der Waals surface area (Å²) < 4.78 is 1.19. The number of nitrogens with zero attached hydrogens (tertiary/aromatic N) is 3. The second kappa shape index (κ2) is 6.38. The van der Waals surface area contributed by atoms with Crippen molar-refractivity contribution in [2.45, 2.75) is 6.54 Å². The summed E-state index contributed by atoms with van der Waals surface area (Å²) in [4.78, 5) is 26.9. The smallest absolute Gasteiger partial charge is 0.323 e. The Bertz CT molecular complexity index is 545. The van der Waals surface area contributed by atoms with Gasteiger partial charge in [-0.3, -0.25) is 14.5 Å². The second-order valence-corrected chi connectivity index (χ2v) is 4.82. The van der Waals surface area contributed by atoms with Gasteiger partial charge in [-0.15, -0.1) is 6.58 Å². The van der Waals surface area contributed by atoms with E-state index in [0.29, 0.717) is 0 Å². The van der Waals surface area contributed by atoms with Gasteiger partial charge in [0.05, 0.1) is 0 Å². The Morgan fingerprint density at radius 3 is 2.60 bits per heavy atom. The Morgan fingerprint density at radius 2 is 2.05 bits per heavy atom. The molecule has 0 aliphatic carbocycles. The number of hydrogen-bond acceptors (Lipinski definition) is 4. The summed E-state index contributed by atoms with van der Waals surface area (Å²) in [5.41, 5.74) is 0.577. The van der Waals surface area contributed by atoms with Crippen molar-refractivity contribution >= 4 is 11.7 Å². The predicted molar refractivity (Wildman–Crippen MR) is 77.2 cm³/mol. The van der Waals surface area contributed by atoms with Crippen molar-refractivity contribution in [2.75, 3.05) is 37.6 Å². The van der Waals surface area contributed by atoms with Gasteiger partial charge in [0.2, 0.25) is 0 Å². The van der Waals surface area contributed by atoms with Gasteiger partial charge in [0.15, 0.2) is 0 Å². The van der Waals surface area contributed by atoms with E-state index in [-0.39, 0.29) is 12.1 Å². The number of rotatable bonds is 5. The number of carbonyl (C=O) groups is 1. The molecule has 1 aromatic heterocycles. The molecule has 108 valence electrons. The summed E-state index contributed by atoms with van der Waals surface area (Å²) in [6.07, 6.45) is 3.44. The number of pyridine rings is 1. The van der Waals surface area contributed by atoms with Gasteiger partial charge in [-0.05, 0) is 6.07 Å². The number of anilines is 1. The second-order valence-electron chi connectivity index (χ2n) is 4.82. The van der Waals surface area contributed by atoms with Crippen LogP contribution in [0.2, 0.25) is 0 Å². The Hall–Kier alpha value is -2.08. The lowest BCUT2D eigenvalue weighted by Crippen LogP contribution is -2.46. The molecule has 1 aliphatic rings. The van der Waals surface area contributed by atoms with Crippen LogP contribution in [-0.2, 0) is 11.3 Å². The topological polar surface area (TPSA) is 65.8 Å². The van der Waals surface area contributed by atoms with E-state index in [9.17, 15) is 9.59 Å². The molecule has 2 heterocycles. The van der Waals surface area contributed by atoms with Crippen LogP contribution in [-0.4, -0.2) is 53.3 Å². The predicted octanol–water partition coefficient (Wildman–Crippen LogP) is 0.241. The lowest BCUT2D eigenvalue weighted by molar-refractivity contribution is -0.137. The summed E-state index contributed by atoms with van der Waals surface area (Å²) >= 11 is 0. The van der Waals surface area contributed by atoms with Crippen LogP contribution < -0.4 is 10.5 Å². The molecule has 2 rings (SSSR count). The number of piperazine rings is 1. The van der Waals surface area contributed by atoms with Crippen LogP contribution in [0.25, 0.3) is 0 Å². The van der Waals surface area contributed by atoms with Gasteiger partial charge < -0.3 is 14.6 Å². The molecule has 6 heteroatoms. The van der Waals surface area contributed by atoms with E-state index in [1.807, 2.05) is 6.08 Å². The van der Waals surface area contributed by atoms with Crippen molar-refractivity contribution in [3.8, 4) is 0 Å². The Kier molecular flexibility index (Phi) is 4.57. The molecule has 0 radical (unpaired) electrons. The molecule has 1 fully saturated rings. The van der Waals surface area contributed by atoms with E-state index < -0.39 is 5.97 Å². The molecule has 0 aromatic carbocycles. The summed E-state index contributed by atoms with van der Waals surface area (Å²) in [5.74, 6) is -1.02. The molecule has 0 unspecified atom stereocenters. The van der Waals surface area contributed by atoms with Crippen LogP contribution in [0.3, 0.4) is 0 Å². The zero-order valence-corrected chi connectivity index (χ0v) is 11.4. The SMILES string of the molecule is C=CCN1CCN(c2ccn(CC(=O)O)c(=O)c2)CC1. The molecule has 6 nitrogen and oxygen atoms in total. The summed E-state index contributed by atoms with van der Waals surface area (Å²) in [6.45, 7) is 7.90. The highest BCUT2D eigenvalue weighted by molar-refractivity contribution is 5.66. The highest BCUT2D eigenvalue weighted by Gasteiger charge is 2.16. The molecule has 0 atom stereocenters. The maximum absolute atomic E-state index is 11.8. The third-order valence-corrected chi connectivity index (χ3v) is 3.41. The molecular formula is C14H19N3O3. The fourth-order valence-corrected chi connectivity index (χ4v) is 2.34. The molecule has 1 saturated heterocycles. The number of hydrogen-bond donors (Lipinski definition) is 1. The summed E-state index contributed by atoms with van der Waals surface area (Å²) in [6, 6.07) is 3.31. The molecule has 1 N–H and O–H groups in total. The molecule has 0 bridgehead atoms. The largest absolute Gasteiger partial charge is 0.480 e. The number of carboxylic acids is 1. The molecule has 20 heavy (non-hydrogen) atoms. The van der Waals surface area contributed by atoms with Gasteiger partial charge >= 0.3 is 5.97 Å². The average molecular weight is 277 g/mol. The fraction of sp³-hybridized carbons (Fsp3) is 0.429. The number of aromatic nitrogens is 1. The number of aliphatic carboxylic acids is 1. The van der Waals surface area contributed by atoms with Crippen molar-refractivity contribution in [1.29, 1.82) is 0 Å². The Balaban J connectivity index is 2.04. The zero-order valence-electron chi connectivity index (χ0n) is 11.4.